The third-order valence-electron chi connectivity index (χ3n) is 3.86. The number of carbonyl (C=O) groups excluding carboxylic acids is 1. The van der Waals surface area contributed by atoms with E-state index in [0.29, 0.717) is 29.6 Å². The average molecular weight is 391 g/mol. The fourth-order valence-electron chi connectivity index (χ4n) is 2.49. The minimum atomic E-state index is -0.131. The molecule has 0 fully saturated rings. The van der Waals surface area contributed by atoms with Crippen molar-refractivity contribution in [3.05, 3.63) is 58.6 Å². The number of benzene rings is 2. The van der Waals surface area contributed by atoms with Crippen LogP contribution in [-0.4, -0.2) is 17.6 Å². The highest BCUT2D eigenvalue weighted by Crippen LogP contribution is 2.21. The van der Waals surface area contributed by atoms with Crippen molar-refractivity contribution in [3.8, 4) is 5.75 Å². The molecule has 0 radical (unpaired) electrons. The first kappa shape index (κ1) is 20.2. The maximum atomic E-state index is 12.0. The van der Waals surface area contributed by atoms with Crippen LogP contribution < -0.4 is 15.4 Å². The van der Waals surface area contributed by atoms with Crippen molar-refractivity contribution in [1.29, 1.82) is 0 Å². The van der Waals surface area contributed by atoms with Crippen LogP contribution in [0.2, 0.25) is 5.02 Å². The van der Waals surface area contributed by atoms with Crippen LogP contribution in [0.1, 0.15) is 30.9 Å². The zero-order valence-electron chi connectivity index (χ0n) is 15.0. The molecule has 0 spiro atoms. The van der Waals surface area contributed by atoms with Gasteiger partial charge in [0.2, 0.25) is 5.91 Å². The van der Waals surface area contributed by atoms with Gasteiger partial charge in [0.1, 0.15) is 5.75 Å². The zero-order chi connectivity index (χ0) is 18.9. The molecule has 0 saturated heterocycles. The van der Waals surface area contributed by atoms with Gasteiger partial charge in [-0.3, -0.25) is 4.79 Å². The molecule has 0 bridgehead atoms. The summed E-state index contributed by atoms with van der Waals surface area (Å²) in [7, 11) is 0. The highest BCUT2D eigenvalue weighted by Gasteiger charge is 2.09. The van der Waals surface area contributed by atoms with Crippen LogP contribution in [0.5, 0.6) is 5.75 Å². The van der Waals surface area contributed by atoms with Crippen molar-refractivity contribution >= 4 is 40.5 Å². The van der Waals surface area contributed by atoms with Crippen LogP contribution in [0.3, 0.4) is 0 Å². The lowest BCUT2D eigenvalue weighted by Gasteiger charge is -2.15. The van der Waals surface area contributed by atoms with E-state index in [-0.39, 0.29) is 5.91 Å². The van der Waals surface area contributed by atoms with Crippen molar-refractivity contribution in [1.82, 2.24) is 5.32 Å². The molecule has 2 rings (SSSR count). The summed E-state index contributed by atoms with van der Waals surface area (Å²) >= 11 is 11.1. The molecule has 0 aliphatic carbocycles. The quantitative estimate of drug-likeness (QED) is 0.522. The van der Waals surface area contributed by atoms with E-state index in [9.17, 15) is 4.79 Å². The molecule has 2 aromatic rings. The number of hydrogen-bond donors (Lipinski definition) is 2. The molecule has 0 aliphatic rings. The summed E-state index contributed by atoms with van der Waals surface area (Å²) in [6.07, 6.45) is 1.83. The molecule has 0 aliphatic heterocycles. The van der Waals surface area contributed by atoms with Gasteiger partial charge >= 0.3 is 0 Å². The molecular weight excluding hydrogens is 368 g/mol. The predicted octanol–water partition coefficient (Wildman–Crippen LogP) is 4.88. The Morgan fingerprint density at radius 2 is 1.92 bits per heavy atom. The van der Waals surface area contributed by atoms with Crippen LogP contribution in [0.4, 0.5) is 5.69 Å². The average Bonchev–Trinajstić information content (AvgIpc) is 2.62. The minimum absolute atomic E-state index is 0.131. The number of hydrogen-bond acceptors (Lipinski definition) is 3. The SMILES string of the molecule is CCc1cccc(C)c1NC(=S)NC(=O)CCCOc1ccc(Cl)cc1. The maximum absolute atomic E-state index is 12.0. The number of halogens is 1. The number of rotatable bonds is 7. The molecule has 26 heavy (non-hydrogen) atoms. The zero-order valence-corrected chi connectivity index (χ0v) is 16.5. The standard InChI is InChI=1S/C20H23ClN2O2S/c1-3-15-7-4-6-14(2)19(15)23-20(26)22-18(24)8-5-13-25-17-11-9-16(21)10-12-17/h4,6-7,9-12H,3,5,8,13H2,1-2H3,(H2,22,23,24,26). The van der Waals surface area contributed by atoms with Gasteiger partial charge in [-0.25, -0.2) is 0 Å². The van der Waals surface area contributed by atoms with Crippen molar-refractivity contribution in [2.24, 2.45) is 0 Å². The minimum Gasteiger partial charge on any atom is -0.494 e. The van der Waals surface area contributed by atoms with Gasteiger partial charge in [0.25, 0.3) is 0 Å². The van der Waals surface area contributed by atoms with E-state index in [1.165, 1.54) is 0 Å². The van der Waals surface area contributed by atoms with Crippen molar-refractivity contribution in [2.75, 3.05) is 11.9 Å². The molecule has 0 heterocycles. The smallest absolute Gasteiger partial charge is 0.226 e. The Morgan fingerprint density at radius 1 is 1.19 bits per heavy atom. The van der Waals surface area contributed by atoms with Gasteiger partial charge in [-0.15, -0.1) is 0 Å². The molecule has 1 amide bonds. The summed E-state index contributed by atoms with van der Waals surface area (Å²) in [6, 6.07) is 13.2. The fraction of sp³-hybridized carbons (Fsp3) is 0.300. The second kappa shape index (κ2) is 10.1. The van der Waals surface area contributed by atoms with Crippen molar-refractivity contribution in [2.45, 2.75) is 33.1 Å². The lowest BCUT2D eigenvalue weighted by Crippen LogP contribution is -2.34. The van der Waals surface area contributed by atoms with Gasteiger partial charge in [0, 0.05) is 17.1 Å². The van der Waals surface area contributed by atoms with E-state index in [0.717, 1.165) is 29.0 Å². The fourth-order valence-corrected chi connectivity index (χ4v) is 2.83. The molecule has 2 aromatic carbocycles. The molecular formula is C20H23ClN2O2S. The lowest BCUT2D eigenvalue weighted by atomic mass is 10.1. The third kappa shape index (κ3) is 6.32. The second-order valence-electron chi connectivity index (χ2n) is 5.87. The first-order valence-electron chi connectivity index (χ1n) is 8.57. The molecule has 0 atom stereocenters. The summed E-state index contributed by atoms with van der Waals surface area (Å²) in [5.41, 5.74) is 3.22. The number of para-hydroxylation sites is 1. The van der Waals surface area contributed by atoms with Crippen LogP contribution in [0.25, 0.3) is 0 Å². The molecule has 138 valence electrons. The largest absolute Gasteiger partial charge is 0.494 e. The topological polar surface area (TPSA) is 50.4 Å². The Kier molecular flexibility index (Phi) is 7.88. The molecule has 4 nitrogen and oxygen atoms in total. The normalized spacial score (nSPS) is 10.3. The summed E-state index contributed by atoms with van der Waals surface area (Å²) in [6.45, 7) is 4.55. The van der Waals surface area contributed by atoms with E-state index >= 15 is 0 Å². The number of amides is 1. The summed E-state index contributed by atoms with van der Waals surface area (Å²) < 4.78 is 5.57. The van der Waals surface area contributed by atoms with Gasteiger partial charge in [0.05, 0.1) is 6.61 Å². The second-order valence-corrected chi connectivity index (χ2v) is 6.72. The summed E-state index contributed by atoms with van der Waals surface area (Å²) in [5.74, 6) is 0.604. The molecule has 0 saturated carbocycles. The van der Waals surface area contributed by atoms with Crippen LogP contribution >= 0.6 is 23.8 Å². The van der Waals surface area contributed by atoms with Crippen molar-refractivity contribution < 1.29 is 9.53 Å². The van der Waals surface area contributed by atoms with Gasteiger partial charge in [-0.05, 0) is 67.4 Å². The summed E-state index contributed by atoms with van der Waals surface area (Å²) in [5, 5.41) is 6.84. The predicted molar refractivity (Wildman–Crippen MR) is 111 cm³/mol. The monoisotopic (exact) mass is 390 g/mol. The third-order valence-corrected chi connectivity index (χ3v) is 4.32. The van der Waals surface area contributed by atoms with Crippen LogP contribution in [0.15, 0.2) is 42.5 Å². The number of ether oxygens (including phenoxy) is 1. The number of nitrogens with one attached hydrogen (secondary N) is 2. The Hall–Kier alpha value is -2.11. The van der Waals surface area contributed by atoms with E-state index in [2.05, 4.69) is 17.6 Å². The van der Waals surface area contributed by atoms with Gasteiger partial charge in [-0.2, -0.15) is 0 Å². The van der Waals surface area contributed by atoms with Crippen LogP contribution in [0, 0.1) is 6.92 Å². The molecule has 0 aromatic heterocycles. The molecule has 6 heteroatoms. The first-order valence-corrected chi connectivity index (χ1v) is 9.36. The van der Waals surface area contributed by atoms with Crippen LogP contribution in [-0.2, 0) is 11.2 Å². The Morgan fingerprint density at radius 3 is 2.62 bits per heavy atom. The summed E-state index contributed by atoms with van der Waals surface area (Å²) in [4.78, 5) is 12.0. The molecule has 0 unspecified atom stereocenters. The van der Waals surface area contributed by atoms with Gasteiger partial charge < -0.3 is 15.4 Å². The Labute approximate surface area is 164 Å². The highest BCUT2D eigenvalue weighted by molar-refractivity contribution is 7.80. The first-order chi connectivity index (χ1) is 12.5. The van der Waals surface area contributed by atoms with E-state index in [4.69, 9.17) is 28.6 Å². The number of carbonyl (C=O) groups is 1. The lowest BCUT2D eigenvalue weighted by molar-refractivity contribution is -0.119. The number of thiocarbonyl (C=S) groups is 1. The number of aryl methyl sites for hydroxylation is 2. The number of anilines is 1. The maximum Gasteiger partial charge on any atom is 0.226 e. The Bertz CT molecular complexity index is 763. The Balaban J connectivity index is 1.74. The van der Waals surface area contributed by atoms with Gasteiger partial charge in [0.15, 0.2) is 5.11 Å². The van der Waals surface area contributed by atoms with Gasteiger partial charge in [-0.1, -0.05) is 36.7 Å². The van der Waals surface area contributed by atoms with Crippen molar-refractivity contribution in [3.63, 3.8) is 0 Å². The van der Waals surface area contributed by atoms with E-state index < -0.39 is 0 Å². The van der Waals surface area contributed by atoms with E-state index in [1.54, 1.807) is 24.3 Å². The van der Waals surface area contributed by atoms with E-state index in [1.807, 2.05) is 25.1 Å². The molecule has 2 N–H and O–H groups in total. The highest BCUT2D eigenvalue weighted by atomic mass is 35.5.